The number of ether oxygens (including phenoxy) is 2. The van der Waals surface area contributed by atoms with E-state index in [-0.39, 0.29) is 11.6 Å². The highest BCUT2D eigenvalue weighted by molar-refractivity contribution is 5.48. The van der Waals surface area contributed by atoms with Crippen molar-refractivity contribution in [2.75, 3.05) is 36.5 Å². The van der Waals surface area contributed by atoms with Crippen LogP contribution in [0.5, 0.6) is 5.75 Å². The van der Waals surface area contributed by atoms with E-state index in [1.165, 1.54) is 6.20 Å². The molecule has 1 aromatic carbocycles. The summed E-state index contributed by atoms with van der Waals surface area (Å²) >= 11 is 0. The van der Waals surface area contributed by atoms with Crippen LogP contribution in [0.4, 0.5) is 16.2 Å². The molecule has 27 heavy (non-hydrogen) atoms. The van der Waals surface area contributed by atoms with Gasteiger partial charge in [-0.1, -0.05) is 12.1 Å². The summed E-state index contributed by atoms with van der Waals surface area (Å²) in [6.07, 6.45) is 2.00. The third kappa shape index (κ3) is 3.83. The Labute approximate surface area is 158 Å². The van der Waals surface area contributed by atoms with Gasteiger partial charge in [0.2, 0.25) is 5.95 Å². The Hall–Kier alpha value is -2.41. The molecule has 1 saturated heterocycles. The van der Waals surface area contributed by atoms with Crippen molar-refractivity contribution in [3.05, 3.63) is 41.3 Å². The second kappa shape index (κ2) is 6.96. The lowest BCUT2D eigenvalue weighted by Crippen LogP contribution is -2.38. The third-order valence-electron chi connectivity index (χ3n) is 4.97. The van der Waals surface area contributed by atoms with Gasteiger partial charge < -0.3 is 19.7 Å². The highest BCUT2D eigenvalue weighted by Gasteiger charge is 2.34. The van der Waals surface area contributed by atoms with Crippen LogP contribution >= 0.6 is 0 Å². The molecule has 2 aliphatic heterocycles. The summed E-state index contributed by atoms with van der Waals surface area (Å²) in [7, 11) is 0. The molecular weight excluding hydrogens is 347 g/mol. The maximum absolute atomic E-state index is 14.3. The average molecular weight is 372 g/mol. The minimum atomic E-state index is -0.411. The third-order valence-corrected chi connectivity index (χ3v) is 4.97. The summed E-state index contributed by atoms with van der Waals surface area (Å²) in [6.45, 7) is 8.58. The van der Waals surface area contributed by atoms with Gasteiger partial charge in [0.25, 0.3) is 0 Å². The van der Waals surface area contributed by atoms with Crippen LogP contribution in [0.2, 0.25) is 0 Å². The van der Waals surface area contributed by atoms with E-state index >= 15 is 0 Å². The summed E-state index contributed by atoms with van der Waals surface area (Å²) in [5, 5.41) is 3.39. The Bertz CT molecular complexity index is 837. The predicted molar refractivity (Wildman–Crippen MR) is 102 cm³/mol. The quantitative estimate of drug-likeness (QED) is 0.890. The van der Waals surface area contributed by atoms with Crippen LogP contribution in [0.25, 0.3) is 0 Å². The van der Waals surface area contributed by atoms with E-state index in [1.807, 2.05) is 11.8 Å². The average Bonchev–Trinajstić information content (AvgIpc) is 2.62. The summed E-state index contributed by atoms with van der Waals surface area (Å²) in [4.78, 5) is 10.5. The van der Waals surface area contributed by atoms with E-state index in [0.29, 0.717) is 38.1 Å². The molecule has 2 aromatic rings. The van der Waals surface area contributed by atoms with Crippen molar-refractivity contribution < 1.29 is 13.9 Å². The van der Waals surface area contributed by atoms with E-state index in [2.05, 4.69) is 47.3 Å². The van der Waals surface area contributed by atoms with E-state index in [4.69, 9.17) is 9.47 Å². The molecule has 1 fully saturated rings. The second-order valence-electron chi connectivity index (χ2n) is 7.77. The SMILES string of the molecule is Cc1ccc2c(c1)OC(C)(C)CC2Nc1ncc(F)c(N2CCOCC2)n1. The topological polar surface area (TPSA) is 59.5 Å². The minimum Gasteiger partial charge on any atom is -0.487 e. The summed E-state index contributed by atoms with van der Waals surface area (Å²) in [5.74, 6) is 1.21. The number of aromatic nitrogens is 2. The first kappa shape index (κ1) is 18.0. The number of rotatable bonds is 3. The zero-order valence-corrected chi connectivity index (χ0v) is 16.0. The molecule has 144 valence electrons. The van der Waals surface area contributed by atoms with Gasteiger partial charge in [-0.3, -0.25) is 0 Å². The lowest BCUT2D eigenvalue weighted by molar-refractivity contribution is 0.0757. The van der Waals surface area contributed by atoms with Gasteiger partial charge in [0, 0.05) is 25.1 Å². The standard InChI is InChI=1S/C20H25FN4O2/c1-13-4-5-14-16(11-20(2,3)27-17(14)10-13)23-19-22-12-15(21)18(24-19)25-6-8-26-9-7-25/h4-5,10,12,16H,6-9,11H2,1-3H3,(H,22,23,24). The molecule has 1 N–H and O–H groups in total. The molecule has 6 nitrogen and oxygen atoms in total. The molecule has 1 atom stereocenters. The molecule has 0 amide bonds. The summed E-state index contributed by atoms with van der Waals surface area (Å²) in [6, 6.07) is 6.19. The van der Waals surface area contributed by atoms with Gasteiger partial charge >= 0.3 is 0 Å². The highest BCUT2D eigenvalue weighted by atomic mass is 19.1. The summed E-state index contributed by atoms with van der Waals surface area (Å²) in [5.41, 5.74) is 1.91. The molecule has 0 aliphatic carbocycles. The molecule has 0 bridgehead atoms. The number of hydrogen-bond acceptors (Lipinski definition) is 6. The molecule has 3 heterocycles. The lowest BCUT2D eigenvalue weighted by Gasteiger charge is -2.38. The van der Waals surface area contributed by atoms with E-state index in [0.717, 1.165) is 23.3 Å². The molecule has 0 spiro atoms. The number of nitrogens with zero attached hydrogens (tertiary/aromatic N) is 3. The first-order valence-electron chi connectivity index (χ1n) is 9.33. The highest BCUT2D eigenvalue weighted by Crippen LogP contribution is 2.41. The largest absolute Gasteiger partial charge is 0.487 e. The van der Waals surface area contributed by atoms with Crippen LogP contribution in [-0.2, 0) is 4.74 Å². The predicted octanol–water partition coefficient (Wildman–Crippen LogP) is 3.48. The van der Waals surface area contributed by atoms with E-state index in [9.17, 15) is 4.39 Å². The fourth-order valence-corrected chi connectivity index (χ4v) is 3.67. The minimum absolute atomic E-state index is 0.00708. The van der Waals surface area contributed by atoms with Crippen LogP contribution in [0.15, 0.2) is 24.4 Å². The number of halogens is 1. The van der Waals surface area contributed by atoms with Crippen molar-refractivity contribution >= 4 is 11.8 Å². The van der Waals surface area contributed by atoms with E-state index in [1.54, 1.807) is 0 Å². The van der Waals surface area contributed by atoms with Gasteiger partial charge in [0.1, 0.15) is 11.4 Å². The van der Waals surface area contributed by atoms with Gasteiger partial charge in [-0.2, -0.15) is 4.98 Å². The van der Waals surface area contributed by atoms with Crippen LogP contribution in [-0.4, -0.2) is 41.9 Å². The van der Waals surface area contributed by atoms with Crippen LogP contribution in [0.1, 0.15) is 37.4 Å². The van der Waals surface area contributed by atoms with E-state index < -0.39 is 5.82 Å². The number of fused-ring (bicyclic) bond motifs is 1. The molecule has 4 rings (SSSR count). The van der Waals surface area contributed by atoms with Crippen LogP contribution < -0.4 is 15.0 Å². The molecule has 0 radical (unpaired) electrons. The fraction of sp³-hybridized carbons (Fsp3) is 0.500. The number of nitrogens with one attached hydrogen (secondary N) is 1. The molecule has 1 aromatic heterocycles. The van der Waals surface area contributed by atoms with Crippen molar-refractivity contribution in [1.29, 1.82) is 0 Å². The smallest absolute Gasteiger partial charge is 0.225 e. The van der Waals surface area contributed by atoms with Crippen molar-refractivity contribution in [3.63, 3.8) is 0 Å². The van der Waals surface area contributed by atoms with Crippen LogP contribution in [0.3, 0.4) is 0 Å². The van der Waals surface area contributed by atoms with Crippen molar-refractivity contribution in [2.24, 2.45) is 0 Å². The van der Waals surface area contributed by atoms with Gasteiger partial charge in [0.15, 0.2) is 11.6 Å². The molecule has 7 heteroatoms. The van der Waals surface area contributed by atoms with Gasteiger partial charge in [-0.05, 0) is 32.4 Å². The Morgan fingerprint density at radius 1 is 1.26 bits per heavy atom. The number of hydrogen-bond donors (Lipinski definition) is 1. The summed E-state index contributed by atoms with van der Waals surface area (Å²) < 4.78 is 25.8. The Kier molecular flexibility index (Phi) is 4.63. The monoisotopic (exact) mass is 372 g/mol. The lowest BCUT2D eigenvalue weighted by atomic mass is 9.89. The van der Waals surface area contributed by atoms with Crippen molar-refractivity contribution in [1.82, 2.24) is 9.97 Å². The molecule has 2 aliphatic rings. The van der Waals surface area contributed by atoms with Crippen molar-refractivity contribution in [2.45, 2.75) is 38.8 Å². The van der Waals surface area contributed by atoms with Gasteiger partial charge in [0.05, 0.1) is 25.5 Å². The normalized spacial score (nSPS) is 21.3. The Morgan fingerprint density at radius 2 is 2.04 bits per heavy atom. The first-order chi connectivity index (χ1) is 12.9. The Balaban J connectivity index is 1.62. The maximum Gasteiger partial charge on any atom is 0.225 e. The number of anilines is 2. The maximum atomic E-state index is 14.3. The van der Waals surface area contributed by atoms with Crippen LogP contribution in [0, 0.1) is 12.7 Å². The van der Waals surface area contributed by atoms with Gasteiger partial charge in [-0.25, -0.2) is 9.37 Å². The molecular formula is C20H25FN4O2. The first-order valence-corrected chi connectivity index (χ1v) is 9.33. The zero-order chi connectivity index (χ0) is 19.0. The van der Waals surface area contributed by atoms with Gasteiger partial charge in [-0.15, -0.1) is 0 Å². The number of aryl methyl sites for hydroxylation is 1. The zero-order valence-electron chi connectivity index (χ0n) is 16.0. The van der Waals surface area contributed by atoms with Crippen molar-refractivity contribution in [3.8, 4) is 5.75 Å². The fourth-order valence-electron chi connectivity index (χ4n) is 3.67. The number of morpholine rings is 1. The molecule has 0 saturated carbocycles. The second-order valence-corrected chi connectivity index (χ2v) is 7.77. The Morgan fingerprint density at radius 3 is 2.81 bits per heavy atom. The number of benzene rings is 1. The molecule has 1 unspecified atom stereocenters.